The second-order valence-electron chi connectivity index (χ2n) is 3.56. The van der Waals surface area contributed by atoms with E-state index in [0.29, 0.717) is 16.3 Å². The number of carbonyl (C=O) groups is 2. The lowest BCUT2D eigenvalue weighted by molar-refractivity contribution is -0.131. The highest BCUT2D eigenvalue weighted by Gasteiger charge is 2.04. The number of amides is 1. The van der Waals surface area contributed by atoms with Crippen LogP contribution >= 0.6 is 11.6 Å². The molecule has 0 fully saturated rings. The number of hydrogen-bond donors (Lipinski definition) is 2. The highest BCUT2D eigenvalue weighted by atomic mass is 35.5. The smallest absolute Gasteiger partial charge is 0.328 e. The predicted molar refractivity (Wildman–Crippen MR) is 66.1 cm³/mol. The summed E-state index contributed by atoms with van der Waals surface area (Å²) < 4.78 is 0. The first-order valence-corrected chi connectivity index (χ1v) is 5.30. The SMILES string of the molecule is C/C(=C\C(=O)O)CC(=O)Nc1ccc(Cl)cc1. The number of benzene rings is 1. The van der Waals surface area contributed by atoms with E-state index in [-0.39, 0.29) is 12.3 Å². The Balaban J connectivity index is 2.55. The summed E-state index contributed by atoms with van der Waals surface area (Å²) in [6, 6.07) is 6.68. The van der Waals surface area contributed by atoms with Crippen LogP contribution in [-0.4, -0.2) is 17.0 Å². The van der Waals surface area contributed by atoms with Crippen molar-refractivity contribution in [2.24, 2.45) is 0 Å². The summed E-state index contributed by atoms with van der Waals surface area (Å²) in [4.78, 5) is 21.9. The molecule has 0 spiro atoms. The Morgan fingerprint density at radius 3 is 2.47 bits per heavy atom. The standard InChI is InChI=1S/C12H12ClNO3/c1-8(7-12(16)17)6-11(15)14-10-4-2-9(13)3-5-10/h2-5,7H,6H2,1H3,(H,14,15)(H,16,17)/b8-7+. The van der Waals surface area contributed by atoms with Crippen LogP contribution in [0.25, 0.3) is 0 Å². The average Bonchev–Trinajstić information content (AvgIpc) is 2.19. The van der Waals surface area contributed by atoms with Gasteiger partial charge in [-0.1, -0.05) is 17.2 Å². The maximum atomic E-state index is 11.5. The van der Waals surface area contributed by atoms with E-state index in [4.69, 9.17) is 16.7 Å². The van der Waals surface area contributed by atoms with E-state index >= 15 is 0 Å². The van der Waals surface area contributed by atoms with Gasteiger partial charge in [-0.15, -0.1) is 0 Å². The van der Waals surface area contributed by atoms with Gasteiger partial charge in [0.05, 0.1) is 0 Å². The van der Waals surface area contributed by atoms with Gasteiger partial charge in [-0.25, -0.2) is 4.79 Å². The van der Waals surface area contributed by atoms with Crippen LogP contribution in [0.5, 0.6) is 0 Å². The number of nitrogens with one attached hydrogen (secondary N) is 1. The highest BCUT2D eigenvalue weighted by Crippen LogP contribution is 2.14. The predicted octanol–water partition coefficient (Wildman–Crippen LogP) is 2.70. The Morgan fingerprint density at radius 1 is 1.35 bits per heavy atom. The summed E-state index contributed by atoms with van der Waals surface area (Å²) >= 11 is 5.70. The molecule has 1 aromatic rings. The van der Waals surface area contributed by atoms with Crippen molar-refractivity contribution in [2.45, 2.75) is 13.3 Å². The monoisotopic (exact) mass is 253 g/mol. The summed E-state index contributed by atoms with van der Waals surface area (Å²) in [6.45, 7) is 1.59. The minimum atomic E-state index is -1.05. The van der Waals surface area contributed by atoms with Crippen LogP contribution in [0.4, 0.5) is 5.69 Å². The molecule has 0 saturated heterocycles. The van der Waals surface area contributed by atoms with E-state index in [0.717, 1.165) is 6.08 Å². The third-order valence-corrected chi connectivity index (χ3v) is 2.19. The van der Waals surface area contributed by atoms with Gasteiger partial charge in [0.15, 0.2) is 0 Å². The molecule has 0 saturated carbocycles. The molecule has 1 aromatic carbocycles. The Bertz CT molecular complexity index is 451. The fourth-order valence-corrected chi connectivity index (χ4v) is 1.38. The number of carboxylic acid groups (broad SMARTS) is 1. The molecule has 0 aliphatic carbocycles. The maximum absolute atomic E-state index is 11.5. The fraction of sp³-hybridized carbons (Fsp3) is 0.167. The molecule has 0 unspecified atom stereocenters. The minimum absolute atomic E-state index is 0.0505. The normalized spacial score (nSPS) is 11.1. The minimum Gasteiger partial charge on any atom is -0.478 e. The molecule has 17 heavy (non-hydrogen) atoms. The van der Waals surface area contributed by atoms with Gasteiger partial charge in [-0.2, -0.15) is 0 Å². The summed E-state index contributed by atoms with van der Waals surface area (Å²) in [6.07, 6.45) is 1.07. The second-order valence-corrected chi connectivity index (χ2v) is 4.00. The van der Waals surface area contributed by atoms with Crippen LogP contribution in [0, 0.1) is 0 Å². The molecule has 1 rings (SSSR count). The molecular weight excluding hydrogens is 242 g/mol. The molecule has 0 radical (unpaired) electrons. The average molecular weight is 254 g/mol. The zero-order valence-corrected chi connectivity index (χ0v) is 9.99. The molecule has 5 heteroatoms. The van der Waals surface area contributed by atoms with E-state index in [1.165, 1.54) is 0 Å². The van der Waals surface area contributed by atoms with Gasteiger partial charge < -0.3 is 10.4 Å². The van der Waals surface area contributed by atoms with E-state index < -0.39 is 5.97 Å². The van der Waals surface area contributed by atoms with Crippen LogP contribution in [-0.2, 0) is 9.59 Å². The van der Waals surface area contributed by atoms with E-state index in [9.17, 15) is 9.59 Å². The third kappa shape index (κ3) is 5.17. The lowest BCUT2D eigenvalue weighted by atomic mass is 10.2. The van der Waals surface area contributed by atoms with E-state index in [1.807, 2.05) is 0 Å². The van der Waals surface area contributed by atoms with Crippen molar-refractivity contribution in [1.29, 1.82) is 0 Å². The number of hydrogen-bond acceptors (Lipinski definition) is 2. The van der Waals surface area contributed by atoms with E-state index in [2.05, 4.69) is 5.32 Å². The number of halogens is 1. The summed E-state index contributed by atoms with van der Waals surface area (Å²) in [5, 5.41) is 11.7. The third-order valence-electron chi connectivity index (χ3n) is 1.94. The van der Waals surface area contributed by atoms with Gasteiger partial charge in [0.25, 0.3) is 0 Å². The summed E-state index contributed by atoms with van der Waals surface area (Å²) in [5.41, 5.74) is 1.12. The summed E-state index contributed by atoms with van der Waals surface area (Å²) in [5.74, 6) is -1.32. The first-order valence-electron chi connectivity index (χ1n) is 4.93. The van der Waals surface area contributed by atoms with Crippen LogP contribution in [0.1, 0.15) is 13.3 Å². The quantitative estimate of drug-likeness (QED) is 0.811. The van der Waals surface area contributed by atoms with Crippen molar-refractivity contribution in [3.8, 4) is 0 Å². The molecule has 90 valence electrons. The molecule has 0 aromatic heterocycles. The van der Waals surface area contributed by atoms with Gasteiger partial charge in [-0.3, -0.25) is 4.79 Å². The van der Waals surface area contributed by atoms with Crippen LogP contribution < -0.4 is 5.32 Å². The first kappa shape index (κ1) is 13.3. The summed E-state index contributed by atoms with van der Waals surface area (Å²) in [7, 11) is 0. The Labute approximate surface area is 104 Å². The van der Waals surface area contributed by atoms with Crippen molar-refractivity contribution < 1.29 is 14.7 Å². The number of carboxylic acids is 1. The molecule has 1 amide bonds. The molecule has 0 bridgehead atoms. The molecule has 0 heterocycles. The van der Waals surface area contributed by atoms with Gasteiger partial charge >= 0.3 is 5.97 Å². The van der Waals surface area contributed by atoms with Crippen LogP contribution in [0.15, 0.2) is 35.9 Å². The van der Waals surface area contributed by atoms with Crippen molar-refractivity contribution in [3.05, 3.63) is 40.9 Å². The van der Waals surface area contributed by atoms with Crippen molar-refractivity contribution in [1.82, 2.24) is 0 Å². The van der Waals surface area contributed by atoms with Crippen molar-refractivity contribution in [2.75, 3.05) is 5.32 Å². The highest BCUT2D eigenvalue weighted by molar-refractivity contribution is 6.30. The lowest BCUT2D eigenvalue weighted by Gasteiger charge is -2.05. The molecule has 0 atom stereocenters. The lowest BCUT2D eigenvalue weighted by Crippen LogP contribution is -2.11. The Morgan fingerprint density at radius 2 is 1.94 bits per heavy atom. The van der Waals surface area contributed by atoms with Gasteiger partial charge in [0.1, 0.15) is 0 Å². The number of carbonyl (C=O) groups excluding carboxylic acids is 1. The zero-order valence-electron chi connectivity index (χ0n) is 9.24. The zero-order chi connectivity index (χ0) is 12.8. The number of rotatable bonds is 4. The molecule has 4 nitrogen and oxygen atoms in total. The molecular formula is C12H12ClNO3. The second kappa shape index (κ2) is 6.06. The van der Waals surface area contributed by atoms with Crippen LogP contribution in [0.2, 0.25) is 5.02 Å². The maximum Gasteiger partial charge on any atom is 0.328 e. The van der Waals surface area contributed by atoms with E-state index in [1.54, 1.807) is 31.2 Å². The number of aliphatic carboxylic acids is 1. The van der Waals surface area contributed by atoms with Crippen LogP contribution in [0.3, 0.4) is 0 Å². The topological polar surface area (TPSA) is 66.4 Å². The Hall–Kier alpha value is -1.81. The molecule has 2 N–H and O–H groups in total. The van der Waals surface area contributed by atoms with Gasteiger partial charge in [0.2, 0.25) is 5.91 Å². The van der Waals surface area contributed by atoms with Crippen molar-refractivity contribution in [3.63, 3.8) is 0 Å². The Kier molecular flexibility index (Phi) is 4.72. The first-order chi connectivity index (χ1) is 7.97. The number of anilines is 1. The molecule has 0 aliphatic heterocycles. The fourth-order valence-electron chi connectivity index (χ4n) is 1.25. The van der Waals surface area contributed by atoms with Gasteiger partial charge in [0, 0.05) is 23.2 Å². The largest absolute Gasteiger partial charge is 0.478 e. The van der Waals surface area contributed by atoms with Crippen molar-refractivity contribution >= 4 is 29.2 Å². The van der Waals surface area contributed by atoms with Gasteiger partial charge in [-0.05, 0) is 31.2 Å². The molecule has 0 aliphatic rings.